The van der Waals surface area contributed by atoms with E-state index in [0.717, 1.165) is 0 Å². The zero-order valence-corrected chi connectivity index (χ0v) is 10.7. The Kier molecular flexibility index (Phi) is 5.35. The molecule has 0 aromatic carbocycles. The van der Waals surface area contributed by atoms with Crippen LogP contribution in [0.1, 0.15) is 6.42 Å². The molecule has 0 aromatic rings. The average molecular weight is 279 g/mol. The van der Waals surface area contributed by atoms with Crippen LogP contribution in [0, 0.1) is 0 Å². The molecule has 0 aromatic heterocycles. The molecule has 2 amide bonds. The van der Waals surface area contributed by atoms with Gasteiger partial charge in [0, 0.05) is 19.0 Å². The van der Waals surface area contributed by atoms with E-state index in [1.165, 1.54) is 0 Å². The lowest BCUT2D eigenvalue weighted by atomic mass is 10.2. The molecule has 1 aliphatic rings. The summed E-state index contributed by atoms with van der Waals surface area (Å²) < 4.78 is 27.1. The minimum atomic E-state index is -3.04. The number of hydrogen-bond donors (Lipinski definition) is 3. The summed E-state index contributed by atoms with van der Waals surface area (Å²) in [7, 11) is -3.04. The Hall–Kier alpha value is -1.35. The van der Waals surface area contributed by atoms with Gasteiger partial charge in [-0.1, -0.05) is 0 Å². The Bertz CT molecular complexity index is 408. The van der Waals surface area contributed by atoms with Crippen LogP contribution in [-0.4, -0.2) is 57.7 Å². The number of carbonyl (C=O) groups excluding carboxylic acids is 2. The average Bonchev–Trinajstić information content (AvgIpc) is 2.22. The van der Waals surface area contributed by atoms with Gasteiger partial charge in [-0.05, 0) is 0 Å². The normalized spacial score (nSPS) is 22.1. The fourth-order valence-electron chi connectivity index (χ4n) is 1.64. The third-order valence-corrected chi connectivity index (χ3v) is 4.14. The number of ether oxygens (including phenoxy) is 1. The van der Waals surface area contributed by atoms with Gasteiger partial charge in [0.25, 0.3) is 0 Å². The van der Waals surface area contributed by atoms with Crippen molar-refractivity contribution in [1.82, 2.24) is 10.6 Å². The number of sulfone groups is 1. The molecular formula is C9H17N3O5S. The topological polar surface area (TPSA) is 128 Å². The molecule has 9 heteroatoms. The maximum absolute atomic E-state index is 11.4. The van der Waals surface area contributed by atoms with E-state index in [9.17, 15) is 18.0 Å². The summed E-state index contributed by atoms with van der Waals surface area (Å²) >= 11 is 0. The van der Waals surface area contributed by atoms with E-state index in [0.29, 0.717) is 6.54 Å². The van der Waals surface area contributed by atoms with Gasteiger partial charge in [0.2, 0.25) is 5.91 Å². The summed E-state index contributed by atoms with van der Waals surface area (Å²) in [6.07, 6.45) is -0.820. The molecule has 1 aliphatic heterocycles. The van der Waals surface area contributed by atoms with Crippen LogP contribution < -0.4 is 16.4 Å². The van der Waals surface area contributed by atoms with Gasteiger partial charge in [-0.25, -0.2) is 13.2 Å². The molecule has 8 nitrogen and oxygen atoms in total. The van der Waals surface area contributed by atoms with E-state index in [1.807, 2.05) is 0 Å². The van der Waals surface area contributed by atoms with Gasteiger partial charge in [-0.15, -0.1) is 0 Å². The van der Waals surface area contributed by atoms with E-state index in [4.69, 9.17) is 5.73 Å². The monoisotopic (exact) mass is 279 g/mol. The van der Waals surface area contributed by atoms with Gasteiger partial charge in [0.05, 0.1) is 18.1 Å². The number of hydrogen-bond acceptors (Lipinski definition) is 6. The highest BCUT2D eigenvalue weighted by atomic mass is 32.2. The van der Waals surface area contributed by atoms with Crippen molar-refractivity contribution in [2.24, 2.45) is 5.73 Å². The first-order valence-electron chi connectivity index (χ1n) is 5.52. The second kappa shape index (κ2) is 6.55. The molecular weight excluding hydrogens is 262 g/mol. The van der Waals surface area contributed by atoms with Crippen molar-refractivity contribution in [2.75, 3.05) is 31.2 Å². The van der Waals surface area contributed by atoms with Gasteiger partial charge in [-0.3, -0.25) is 4.79 Å². The number of amides is 2. The van der Waals surface area contributed by atoms with Crippen molar-refractivity contribution in [3.63, 3.8) is 0 Å². The molecule has 1 heterocycles. The Balaban J connectivity index is 2.21. The molecule has 1 unspecified atom stereocenters. The third-order valence-electron chi connectivity index (χ3n) is 2.40. The van der Waals surface area contributed by atoms with Gasteiger partial charge in [0.1, 0.15) is 6.61 Å². The maximum Gasteiger partial charge on any atom is 0.404 e. The number of carbonyl (C=O) groups is 2. The summed E-state index contributed by atoms with van der Waals surface area (Å²) in [6.45, 7) is 0.518. The second-order valence-corrected chi connectivity index (χ2v) is 6.22. The van der Waals surface area contributed by atoms with Crippen molar-refractivity contribution < 1.29 is 22.7 Å². The summed E-state index contributed by atoms with van der Waals surface area (Å²) in [4.78, 5) is 21.7. The third kappa shape index (κ3) is 5.82. The van der Waals surface area contributed by atoms with Crippen molar-refractivity contribution in [2.45, 2.75) is 12.5 Å². The summed E-state index contributed by atoms with van der Waals surface area (Å²) in [5, 5.41) is 5.48. The zero-order valence-electron chi connectivity index (χ0n) is 9.85. The summed E-state index contributed by atoms with van der Waals surface area (Å²) in [5.41, 5.74) is 4.74. The van der Waals surface area contributed by atoms with E-state index in [-0.39, 0.29) is 43.0 Å². The van der Waals surface area contributed by atoms with E-state index >= 15 is 0 Å². The number of nitrogens with two attached hydrogens (primary N) is 1. The molecule has 4 N–H and O–H groups in total. The smallest absolute Gasteiger partial charge is 0.404 e. The van der Waals surface area contributed by atoms with Crippen LogP contribution in [0.4, 0.5) is 4.79 Å². The van der Waals surface area contributed by atoms with Crippen LogP contribution in [0.25, 0.3) is 0 Å². The predicted octanol–water partition coefficient (Wildman–Crippen LogP) is -2.03. The van der Waals surface area contributed by atoms with Gasteiger partial charge in [0.15, 0.2) is 9.84 Å². The highest BCUT2D eigenvalue weighted by Crippen LogP contribution is 2.04. The first-order chi connectivity index (χ1) is 8.39. The lowest BCUT2D eigenvalue weighted by Crippen LogP contribution is -2.47. The lowest BCUT2D eigenvalue weighted by Gasteiger charge is -2.23. The highest BCUT2D eigenvalue weighted by Gasteiger charge is 2.25. The molecule has 1 fully saturated rings. The van der Waals surface area contributed by atoms with E-state index in [2.05, 4.69) is 15.4 Å². The van der Waals surface area contributed by atoms with Crippen LogP contribution in [0.5, 0.6) is 0 Å². The largest absolute Gasteiger partial charge is 0.448 e. The molecule has 104 valence electrons. The molecule has 1 saturated heterocycles. The first-order valence-corrected chi connectivity index (χ1v) is 7.34. The highest BCUT2D eigenvalue weighted by molar-refractivity contribution is 7.91. The van der Waals surface area contributed by atoms with Gasteiger partial charge >= 0.3 is 6.09 Å². The maximum atomic E-state index is 11.4. The van der Waals surface area contributed by atoms with Crippen molar-refractivity contribution in [1.29, 1.82) is 0 Å². The molecule has 1 rings (SSSR count). The molecule has 0 radical (unpaired) electrons. The lowest BCUT2D eigenvalue weighted by molar-refractivity contribution is -0.121. The minimum Gasteiger partial charge on any atom is -0.448 e. The number of rotatable bonds is 5. The molecule has 0 bridgehead atoms. The Morgan fingerprint density at radius 1 is 1.44 bits per heavy atom. The van der Waals surface area contributed by atoms with Gasteiger partial charge < -0.3 is 21.1 Å². The SMILES string of the molecule is NC(=O)OCCNC(=O)CC1CS(=O)(=O)CCN1. The molecule has 18 heavy (non-hydrogen) atoms. The Labute approximate surface area is 105 Å². The van der Waals surface area contributed by atoms with Crippen LogP contribution >= 0.6 is 0 Å². The van der Waals surface area contributed by atoms with Crippen LogP contribution in [0.3, 0.4) is 0 Å². The standard InChI is InChI=1S/C9H17N3O5S/c10-9(14)17-3-1-12-8(13)5-7-6-18(15,16)4-2-11-7/h7,11H,1-6H2,(H2,10,14)(H,12,13). The van der Waals surface area contributed by atoms with E-state index < -0.39 is 15.9 Å². The number of nitrogens with one attached hydrogen (secondary N) is 2. The fourth-order valence-corrected chi connectivity index (χ4v) is 3.08. The zero-order chi connectivity index (χ0) is 13.6. The summed E-state index contributed by atoms with van der Waals surface area (Å²) in [6, 6.07) is -0.360. The Morgan fingerprint density at radius 2 is 2.17 bits per heavy atom. The quantitative estimate of drug-likeness (QED) is 0.498. The van der Waals surface area contributed by atoms with Crippen LogP contribution in [0.15, 0.2) is 0 Å². The fraction of sp³-hybridized carbons (Fsp3) is 0.778. The van der Waals surface area contributed by atoms with Crippen LogP contribution in [-0.2, 0) is 19.4 Å². The number of primary amides is 1. The van der Waals surface area contributed by atoms with E-state index in [1.54, 1.807) is 0 Å². The second-order valence-electron chi connectivity index (χ2n) is 3.99. The predicted molar refractivity (Wildman–Crippen MR) is 63.6 cm³/mol. The van der Waals surface area contributed by atoms with Gasteiger partial charge in [-0.2, -0.15) is 0 Å². The molecule has 0 aliphatic carbocycles. The van der Waals surface area contributed by atoms with Crippen molar-refractivity contribution >= 4 is 21.8 Å². The van der Waals surface area contributed by atoms with Crippen LogP contribution in [0.2, 0.25) is 0 Å². The molecule has 0 saturated carbocycles. The molecule has 0 spiro atoms. The molecule has 1 atom stereocenters. The minimum absolute atomic E-state index is 0.00251. The first kappa shape index (κ1) is 14.7. The Morgan fingerprint density at radius 3 is 2.78 bits per heavy atom. The van der Waals surface area contributed by atoms with Crippen molar-refractivity contribution in [3.05, 3.63) is 0 Å². The summed E-state index contributed by atoms with van der Waals surface area (Å²) in [5.74, 6) is -0.215. The van der Waals surface area contributed by atoms with Crippen molar-refractivity contribution in [3.8, 4) is 0 Å².